The fourth-order valence-electron chi connectivity index (χ4n) is 15.0. The van der Waals surface area contributed by atoms with E-state index in [-0.39, 0.29) is 28.0 Å². The maximum Gasteiger partial charge on any atom is 0.264 e. The fraction of sp³-hybridized carbons (Fsp3) is 0.190. The van der Waals surface area contributed by atoms with E-state index in [1.807, 2.05) is 11.3 Å². The van der Waals surface area contributed by atoms with E-state index < -0.39 is 8.07 Å². The third kappa shape index (κ3) is 9.60. The predicted octanol–water partition coefficient (Wildman–Crippen LogP) is 20.2. The Bertz CT molecular complexity index is 4890. The average molecular weight is 1220 g/mol. The lowest BCUT2D eigenvalue weighted by molar-refractivity contribution is 0.590. The van der Waals surface area contributed by atoms with Gasteiger partial charge in [0.1, 0.15) is 11.2 Å². The molecule has 7 heteroatoms. The summed E-state index contributed by atoms with van der Waals surface area (Å²) in [6.45, 7) is 28.3. The first kappa shape index (κ1) is 58.2. The van der Waals surface area contributed by atoms with Gasteiger partial charge in [-0.05, 0) is 161 Å². The van der Waals surface area contributed by atoms with Gasteiger partial charge in [0.25, 0.3) is 6.71 Å². The molecule has 4 heterocycles. The largest absolute Gasteiger partial charge is 0.456 e. The maximum atomic E-state index is 6.69. The molecule has 0 aliphatic carbocycles. The Hall–Kier alpha value is -9.14. The first-order valence-electron chi connectivity index (χ1n) is 32.3. The topological polar surface area (TPSA) is 22.9 Å². The predicted molar refractivity (Wildman–Crippen MR) is 397 cm³/mol. The van der Waals surface area contributed by atoms with Gasteiger partial charge in [0.15, 0.2) is 8.07 Å². The van der Waals surface area contributed by atoms with Crippen LogP contribution in [0.1, 0.15) is 99.8 Å². The molecule has 0 unspecified atom stereocenters. The Kier molecular flexibility index (Phi) is 13.8. The Labute approximate surface area is 543 Å². The van der Waals surface area contributed by atoms with Crippen LogP contribution in [0.5, 0.6) is 0 Å². The van der Waals surface area contributed by atoms with Crippen molar-refractivity contribution in [3.05, 3.63) is 271 Å². The van der Waals surface area contributed by atoms with Crippen molar-refractivity contribution in [3.63, 3.8) is 0 Å². The Morgan fingerprint density at radius 2 is 0.945 bits per heavy atom. The number of fused-ring (bicyclic) bond motifs is 9. The van der Waals surface area contributed by atoms with Crippen LogP contribution in [-0.4, -0.2) is 14.8 Å². The van der Waals surface area contributed by atoms with Crippen molar-refractivity contribution < 1.29 is 4.42 Å². The first-order chi connectivity index (χ1) is 43.7. The van der Waals surface area contributed by atoms with E-state index in [9.17, 15) is 0 Å². The minimum absolute atomic E-state index is 0.0240. The van der Waals surface area contributed by atoms with Gasteiger partial charge in [-0.3, -0.25) is 0 Å². The Balaban J connectivity index is 1.11. The quantitative estimate of drug-likeness (QED) is 0.106. The van der Waals surface area contributed by atoms with Gasteiger partial charge in [-0.15, -0.1) is 11.3 Å². The van der Waals surface area contributed by atoms with Crippen LogP contribution >= 0.6 is 11.3 Å². The summed E-state index contributed by atoms with van der Waals surface area (Å²) in [5, 5.41) is 7.37. The number of para-hydroxylation sites is 2. The highest BCUT2D eigenvalue weighted by molar-refractivity contribution is 7.33. The molecule has 2 aliphatic heterocycles. The Morgan fingerprint density at radius 3 is 1.58 bits per heavy atom. The second-order valence-electron chi connectivity index (χ2n) is 29.4. The number of rotatable bonds is 9. The van der Waals surface area contributed by atoms with Crippen molar-refractivity contribution in [2.75, 3.05) is 14.7 Å². The molecule has 0 radical (unpaired) electrons. The highest BCUT2D eigenvalue weighted by Crippen LogP contribution is 2.52. The van der Waals surface area contributed by atoms with Crippen LogP contribution in [-0.2, 0) is 16.2 Å². The van der Waals surface area contributed by atoms with Crippen LogP contribution in [0.3, 0.4) is 0 Å². The summed E-state index contributed by atoms with van der Waals surface area (Å²) in [7, 11) is -3.10. The van der Waals surface area contributed by atoms with Gasteiger partial charge in [-0.2, -0.15) is 0 Å². The van der Waals surface area contributed by atoms with Gasteiger partial charge >= 0.3 is 0 Å². The zero-order valence-electron chi connectivity index (χ0n) is 54.5. The lowest BCUT2D eigenvalue weighted by Gasteiger charge is -2.48. The summed E-state index contributed by atoms with van der Waals surface area (Å²) in [5.41, 5.74) is 20.7. The minimum Gasteiger partial charge on any atom is -0.456 e. The lowest BCUT2D eigenvalue weighted by atomic mass is 9.36. The van der Waals surface area contributed by atoms with Crippen LogP contribution < -0.4 is 46.0 Å². The van der Waals surface area contributed by atoms with Crippen LogP contribution in [0.4, 0.5) is 51.2 Å². The third-order valence-corrected chi connectivity index (χ3v) is 26.6. The molecule has 0 fully saturated rings. The normalized spacial score (nSPS) is 13.4. The van der Waals surface area contributed by atoms with Crippen molar-refractivity contribution in [3.8, 4) is 11.1 Å². The molecule has 11 aromatic carbocycles. The van der Waals surface area contributed by atoms with E-state index in [2.05, 4.69) is 353 Å². The first-order valence-corrected chi connectivity index (χ1v) is 35.2. The van der Waals surface area contributed by atoms with Gasteiger partial charge in [0, 0.05) is 71.0 Å². The van der Waals surface area contributed by atoms with Crippen molar-refractivity contribution in [1.82, 2.24) is 0 Å². The molecule has 0 amide bonds. The summed E-state index contributed by atoms with van der Waals surface area (Å²) in [6, 6.07) is 97.3. The molecule has 91 heavy (non-hydrogen) atoms. The van der Waals surface area contributed by atoms with E-state index in [4.69, 9.17) is 4.42 Å². The molecule has 2 aliphatic rings. The van der Waals surface area contributed by atoms with Crippen LogP contribution in [0.25, 0.3) is 43.2 Å². The van der Waals surface area contributed by atoms with Gasteiger partial charge < -0.3 is 19.1 Å². The summed E-state index contributed by atoms with van der Waals surface area (Å²) in [6.07, 6.45) is 0. The molecule has 0 saturated carbocycles. The molecule has 0 atom stereocenters. The zero-order chi connectivity index (χ0) is 62.9. The zero-order valence-corrected chi connectivity index (χ0v) is 56.3. The fourth-order valence-corrected chi connectivity index (χ4v) is 22.0. The third-order valence-electron chi connectivity index (χ3n) is 19.6. The maximum absolute atomic E-state index is 6.69. The van der Waals surface area contributed by atoms with E-state index in [1.54, 1.807) is 0 Å². The molecular formula is C84H78BN3OSSi. The highest BCUT2D eigenvalue weighted by Gasteiger charge is 2.52. The molecule has 0 spiro atoms. The standard InChI is InChI=1S/C84H78BN3OSSi/c1-81(2,3)56-36-41-59(42-37-56)86(71-34-24-22-32-66(71)55-26-16-13-17-27-55)62-45-47-70-72(52-62)87(61-46-48-76-68(51-61)67-33-23-25-35-75(67)89-76)73-53-65(91(84(10,11)12,63-28-18-14-19-29-63)64-30-20-15-21-31-64)54-74-78(73)85(70)80-79(69-50-58(83(7,8)9)40-49-77(69)90-80)88(74)60-43-38-57(39-44-60)82(4,5)6/h13-54H,1-12H3. The molecular weight excluding hydrogens is 1140 g/mol. The van der Waals surface area contributed by atoms with Crippen LogP contribution in [0.15, 0.2) is 259 Å². The number of furan rings is 1. The monoisotopic (exact) mass is 1220 g/mol. The molecule has 13 aromatic rings. The van der Waals surface area contributed by atoms with Gasteiger partial charge in [-0.25, -0.2) is 0 Å². The van der Waals surface area contributed by atoms with E-state index >= 15 is 0 Å². The summed E-state index contributed by atoms with van der Waals surface area (Å²) in [4.78, 5) is 7.84. The average Bonchev–Trinajstić information content (AvgIpc) is 1.66. The number of anilines is 9. The second kappa shape index (κ2) is 21.5. The summed E-state index contributed by atoms with van der Waals surface area (Å²) in [5.74, 6) is 0. The molecule has 2 aromatic heterocycles. The highest BCUT2D eigenvalue weighted by atomic mass is 32.1. The van der Waals surface area contributed by atoms with E-state index in [0.717, 1.165) is 61.6 Å². The van der Waals surface area contributed by atoms with Crippen molar-refractivity contribution in [1.29, 1.82) is 0 Å². The molecule has 448 valence electrons. The number of nitrogens with zero attached hydrogens (tertiary/aromatic N) is 3. The van der Waals surface area contributed by atoms with E-state index in [0.29, 0.717) is 0 Å². The molecule has 4 nitrogen and oxygen atoms in total. The summed E-state index contributed by atoms with van der Waals surface area (Å²) < 4.78 is 9.32. The van der Waals surface area contributed by atoms with E-state index in [1.165, 1.54) is 80.7 Å². The molecule has 0 saturated heterocycles. The van der Waals surface area contributed by atoms with Gasteiger partial charge in [0.2, 0.25) is 0 Å². The van der Waals surface area contributed by atoms with Gasteiger partial charge in [-0.1, -0.05) is 247 Å². The number of hydrogen-bond donors (Lipinski definition) is 0. The lowest BCUT2D eigenvalue weighted by Crippen LogP contribution is -2.72. The number of thiophene rings is 1. The molecule has 0 bridgehead atoms. The van der Waals surface area contributed by atoms with Crippen LogP contribution in [0, 0.1) is 0 Å². The van der Waals surface area contributed by atoms with Crippen molar-refractivity contribution in [2.45, 2.75) is 104 Å². The smallest absolute Gasteiger partial charge is 0.264 e. The molecule has 0 N–H and O–H groups in total. The number of benzene rings is 11. The van der Waals surface area contributed by atoms with Gasteiger partial charge in [0.05, 0.1) is 11.4 Å². The minimum atomic E-state index is -3.10. The summed E-state index contributed by atoms with van der Waals surface area (Å²) >= 11 is 1.97. The molecule has 15 rings (SSSR count). The van der Waals surface area contributed by atoms with Crippen LogP contribution in [0.2, 0.25) is 5.04 Å². The van der Waals surface area contributed by atoms with Crippen molar-refractivity contribution >= 4 is 141 Å². The van der Waals surface area contributed by atoms with Crippen molar-refractivity contribution in [2.24, 2.45) is 0 Å². The Morgan fingerprint density at radius 1 is 0.407 bits per heavy atom. The SMILES string of the molecule is CC(C)(C)c1ccc(N(c2ccc3c(c2)N(c2ccc4oc5ccccc5c4c2)c2cc([Si](c4ccccc4)(c4ccccc4)C(C)(C)C)cc4c2B3c2sc3ccc(C(C)(C)C)cc3c2N4c2ccc(C(C)(C)C)cc2)c2ccccc2-c2ccccc2)cc1. The second-order valence-corrected chi connectivity index (χ2v) is 35.2. The number of hydrogen-bond acceptors (Lipinski definition) is 5.